The Balaban J connectivity index is 1.92. The highest BCUT2D eigenvalue weighted by atomic mass is 16.5. The number of phenolic OH excluding ortho intramolecular Hbond substituents is 1. The van der Waals surface area contributed by atoms with E-state index in [0.717, 1.165) is 5.56 Å². The molecule has 26 heavy (non-hydrogen) atoms. The second-order valence-corrected chi connectivity index (χ2v) is 5.70. The molecule has 0 radical (unpaired) electrons. The summed E-state index contributed by atoms with van der Waals surface area (Å²) < 4.78 is 10.1. The van der Waals surface area contributed by atoms with Gasteiger partial charge < -0.3 is 19.9 Å². The number of esters is 1. The molecular weight excluding hydrogens is 334 g/mol. The summed E-state index contributed by atoms with van der Waals surface area (Å²) in [5.74, 6) is -0.757. The van der Waals surface area contributed by atoms with Crippen LogP contribution in [0.3, 0.4) is 0 Å². The number of anilines is 1. The van der Waals surface area contributed by atoms with Crippen LogP contribution < -0.4 is 10.1 Å². The van der Waals surface area contributed by atoms with E-state index in [1.807, 2.05) is 25.1 Å². The molecule has 2 aromatic rings. The van der Waals surface area contributed by atoms with Crippen LogP contribution in [0.15, 0.2) is 48.5 Å². The summed E-state index contributed by atoms with van der Waals surface area (Å²) in [5, 5.41) is 12.2. The van der Waals surface area contributed by atoms with Gasteiger partial charge in [-0.1, -0.05) is 18.2 Å². The molecule has 0 fully saturated rings. The molecule has 0 spiro atoms. The fourth-order valence-electron chi connectivity index (χ4n) is 2.20. The van der Waals surface area contributed by atoms with Gasteiger partial charge in [-0.25, -0.2) is 4.79 Å². The Labute approximate surface area is 152 Å². The SMILES string of the molecule is COc1cc(/C=C/C(=O)O[C@@H](C)C(=O)Nc2cccc(C)c2)ccc1O. The fourth-order valence-corrected chi connectivity index (χ4v) is 2.20. The third-order valence-corrected chi connectivity index (χ3v) is 3.56. The van der Waals surface area contributed by atoms with Crippen LogP contribution in [0.2, 0.25) is 0 Å². The van der Waals surface area contributed by atoms with Crippen molar-refractivity contribution in [3.8, 4) is 11.5 Å². The second-order valence-electron chi connectivity index (χ2n) is 5.70. The lowest BCUT2D eigenvalue weighted by molar-refractivity contribution is -0.148. The van der Waals surface area contributed by atoms with Crippen molar-refractivity contribution in [3.63, 3.8) is 0 Å². The number of rotatable bonds is 6. The van der Waals surface area contributed by atoms with Gasteiger partial charge in [0.05, 0.1) is 7.11 Å². The maximum atomic E-state index is 12.1. The van der Waals surface area contributed by atoms with Crippen molar-refractivity contribution in [2.24, 2.45) is 0 Å². The summed E-state index contributed by atoms with van der Waals surface area (Å²) in [6, 6.07) is 12.0. The van der Waals surface area contributed by atoms with E-state index in [1.54, 1.807) is 18.2 Å². The molecule has 1 amide bonds. The molecule has 0 aliphatic heterocycles. The summed E-state index contributed by atoms with van der Waals surface area (Å²) >= 11 is 0. The Bertz CT molecular complexity index is 829. The minimum atomic E-state index is -0.943. The Hall–Kier alpha value is -3.28. The average Bonchev–Trinajstić information content (AvgIpc) is 2.61. The van der Waals surface area contributed by atoms with Crippen molar-refractivity contribution in [2.45, 2.75) is 20.0 Å². The number of methoxy groups -OCH3 is 1. The third kappa shape index (κ3) is 5.37. The number of amides is 1. The maximum absolute atomic E-state index is 12.1. The van der Waals surface area contributed by atoms with Crippen molar-refractivity contribution >= 4 is 23.6 Å². The van der Waals surface area contributed by atoms with Crippen molar-refractivity contribution in [2.75, 3.05) is 12.4 Å². The number of carbonyl (C=O) groups is 2. The number of aryl methyl sites for hydroxylation is 1. The van der Waals surface area contributed by atoms with Crippen molar-refractivity contribution in [1.82, 2.24) is 0 Å². The summed E-state index contributed by atoms with van der Waals surface area (Å²) in [5.41, 5.74) is 2.30. The highest BCUT2D eigenvalue weighted by Crippen LogP contribution is 2.26. The summed E-state index contributed by atoms with van der Waals surface area (Å²) in [4.78, 5) is 24.0. The van der Waals surface area contributed by atoms with E-state index in [2.05, 4.69) is 5.32 Å². The molecule has 2 aromatic carbocycles. The first kappa shape index (κ1) is 19.1. The van der Waals surface area contributed by atoms with Gasteiger partial charge in [0.25, 0.3) is 5.91 Å². The number of nitrogens with one attached hydrogen (secondary N) is 1. The Kier molecular flexibility index (Phi) is 6.38. The van der Waals surface area contributed by atoms with Crippen LogP contribution in [0.5, 0.6) is 11.5 Å². The van der Waals surface area contributed by atoms with Crippen molar-refractivity contribution in [1.29, 1.82) is 0 Å². The first-order valence-electron chi connectivity index (χ1n) is 8.02. The highest BCUT2D eigenvalue weighted by molar-refractivity contribution is 5.96. The van der Waals surface area contributed by atoms with Crippen molar-refractivity contribution < 1.29 is 24.2 Å². The number of carbonyl (C=O) groups excluding carboxylic acids is 2. The van der Waals surface area contributed by atoms with Gasteiger partial charge in [-0.2, -0.15) is 0 Å². The van der Waals surface area contributed by atoms with Crippen LogP contribution in [0.1, 0.15) is 18.1 Å². The lowest BCUT2D eigenvalue weighted by atomic mass is 10.2. The highest BCUT2D eigenvalue weighted by Gasteiger charge is 2.16. The summed E-state index contributed by atoms with van der Waals surface area (Å²) in [6.45, 7) is 3.42. The van der Waals surface area contributed by atoms with Crippen LogP contribution in [0.25, 0.3) is 6.08 Å². The zero-order valence-electron chi connectivity index (χ0n) is 14.9. The summed E-state index contributed by atoms with van der Waals surface area (Å²) in [6.07, 6.45) is 1.78. The predicted molar refractivity (Wildman–Crippen MR) is 99.1 cm³/mol. The van der Waals surface area contributed by atoms with E-state index >= 15 is 0 Å². The lowest BCUT2D eigenvalue weighted by Crippen LogP contribution is -2.29. The Morgan fingerprint density at radius 1 is 1.19 bits per heavy atom. The molecule has 1 atom stereocenters. The van der Waals surface area contributed by atoms with Gasteiger partial charge in [0.2, 0.25) is 0 Å². The van der Waals surface area contributed by atoms with Crippen molar-refractivity contribution in [3.05, 3.63) is 59.7 Å². The van der Waals surface area contributed by atoms with Crippen LogP contribution in [-0.2, 0) is 14.3 Å². The molecular formula is C20H21NO5. The molecule has 0 heterocycles. The molecule has 0 saturated carbocycles. The van der Waals surface area contributed by atoms with Gasteiger partial charge >= 0.3 is 5.97 Å². The topological polar surface area (TPSA) is 84.9 Å². The molecule has 0 bridgehead atoms. The fraction of sp³-hybridized carbons (Fsp3) is 0.200. The Morgan fingerprint density at radius 2 is 1.96 bits per heavy atom. The number of phenols is 1. The molecule has 2 N–H and O–H groups in total. The van der Waals surface area contributed by atoms with Gasteiger partial charge in [0.15, 0.2) is 17.6 Å². The molecule has 2 rings (SSSR count). The van der Waals surface area contributed by atoms with Crippen LogP contribution in [0.4, 0.5) is 5.69 Å². The number of hydrogen-bond acceptors (Lipinski definition) is 5. The summed E-state index contributed by atoms with van der Waals surface area (Å²) in [7, 11) is 1.44. The number of hydrogen-bond donors (Lipinski definition) is 2. The number of ether oxygens (including phenoxy) is 2. The first-order valence-corrected chi connectivity index (χ1v) is 8.02. The standard InChI is InChI=1S/C20H21NO5/c1-13-5-4-6-16(11-13)21-20(24)14(2)26-19(23)10-8-15-7-9-17(22)18(12-15)25-3/h4-12,14,22H,1-3H3,(H,21,24)/b10-8+/t14-/m0/s1. The molecule has 6 heteroatoms. The Morgan fingerprint density at radius 3 is 2.65 bits per heavy atom. The average molecular weight is 355 g/mol. The maximum Gasteiger partial charge on any atom is 0.331 e. The van der Waals surface area contributed by atoms with Gasteiger partial charge in [-0.05, 0) is 55.3 Å². The minimum Gasteiger partial charge on any atom is -0.504 e. The molecule has 0 saturated heterocycles. The van der Waals surface area contributed by atoms with E-state index < -0.39 is 18.0 Å². The van der Waals surface area contributed by atoms with Gasteiger partial charge in [-0.15, -0.1) is 0 Å². The van der Waals surface area contributed by atoms with Gasteiger partial charge in [-0.3, -0.25) is 4.79 Å². The van der Waals surface area contributed by atoms with E-state index in [1.165, 1.54) is 32.3 Å². The monoisotopic (exact) mass is 355 g/mol. The third-order valence-electron chi connectivity index (χ3n) is 3.56. The first-order chi connectivity index (χ1) is 12.4. The van der Waals surface area contributed by atoms with Gasteiger partial charge in [0.1, 0.15) is 0 Å². The number of aromatic hydroxyl groups is 1. The predicted octanol–water partition coefficient (Wildman–Crippen LogP) is 3.29. The van der Waals surface area contributed by atoms with Crippen LogP contribution in [0, 0.1) is 6.92 Å². The molecule has 6 nitrogen and oxygen atoms in total. The molecule has 136 valence electrons. The molecule has 0 unspecified atom stereocenters. The van der Waals surface area contributed by atoms with Crippen LogP contribution in [-0.4, -0.2) is 30.2 Å². The largest absolute Gasteiger partial charge is 0.504 e. The van der Waals surface area contributed by atoms with E-state index in [-0.39, 0.29) is 5.75 Å². The normalized spacial score (nSPS) is 11.8. The number of benzene rings is 2. The minimum absolute atomic E-state index is 0.00803. The zero-order valence-corrected chi connectivity index (χ0v) is 14.9. The van der Waals surface area contributed by atoms with Gasteiger partial charge in [0, 0.05) is 11.8 Å². The van der Waals surface area contributed by atoms with E-state index in [4.69, 9.17) is 9.47 Å². The molecule has 0 aliphatic rings. The quantitative estimate of drug-likeness (QED) is 0.613. The van der Waals surface area contributed by atoms with E-state index in [0.29, 0.717) is 17.0 Å². The molecule has 0 aliphatic carbocycles. The molecule has 0 aromatic heterocycles. The zero-order chi connectivity index (χ0) is 19.1. The lowest BCUT2D eigenvalue weighted by Gasteiger charge is -2.12. The van der Waals surface area contributed by atoms with Crippen LogP contribution >= 0.6 is 0 Å². The smallest absolute Gasteiger partial charge is 0.331 e. The second kappa shape index (κ2) is 8.71. The van der Waals surface area contributed by atoms with E-state index in [9.17, 15) is 14.7 Å².